The molecule has 4 aromatic rings. The number of benzene rings is 1. The van der Waals surface area contributed by atoms with Crippen molar-refractivity contribution < 1.29 is 13.2 Å². The van der Waals surface area contributed by atoms with Crippen molar-refractivity contribution in [2.45, 2.75) is 19.5 Å². The molecule has 0 aliphatic rings. The predicted octanol–water partition coefficient (Wildman–Crippen LogP) is 3.86. The third-order valence-corrected chi connectivity index (χ3v) is 3.94. The molecule has 0 bridgehead atoms. The van der Waals surface area contributed by atoms with Gasteiger partial charge in [0.25, 0.3) is 6.43 Å². The molecule has 0 radical (unpaired) electrons. The van der Waals surface area contributed by atoms with Gasteiger partial charge < -0.3 is 9.32 Å². The number of fused-ring (bicyclic) bond motifs is 1. The third-order valence-electron chi connectivity index (χ3n) is 3.94. The lowest BCUT2D eigenvalue weighted by molar-refractivity contribution is 0.137. The lowest BCUT2D eigenvalue weighted by Crippen LogP contribution is -2.23. The van der Waals surface area contributed by atoms with Gasteiger partial charge in [0.15, 0.2) is 5.65 Å². The van der Waals surface area contributed by atoms with Crippen LogP contribution in [0.1, 0.15) is 23.6 Å². The molecule has 6 nitrogen and oxygen atoms in total. The maximum atomic E-state index is 13.1. The van der Waals surface area contributed by atoms with Crippen molar-refractivity contribution >= 4 is 11.5 Å². The van der Waals surface area contributed by atoms with E-state index in [1.54, 1.807) is 24.5 Å². The number of alkyl halides is 2. The average Bonchev–Trinajstić information content (AvgIpc) is 3.31. The summed E-state index contributed by atoms with van der Waals surface area (Å²) in [6.07, 6.45) is -1.15. The standard InChI is InChI=1S/C18H15F2N5O/c19-17(20)18-22-21-15-8-9-16(23-25(15)18)24(12-14-7-4-10-26-14)11-13-5-2-1-3-6-13/h1-10,17H,11-12H2. The van der Waals surface area contributed by atoms with Gasteiger partial charge in [-0.3, -0.25) is 0 Å². The minimum atomic E-state index is -2.75. The van der Waals surface area contributed by atoms with Crippen LogP contribution in [0.2, 0.25) is 0 Å². The van der Waals surface area contributed by atoms with Crippen LogP contribution in [-0.4, -0.2) is 19.8 Å². The lowest BCUT2D eigenvalue weighted by atomic mass is 10.2. The van der Waals surface area contributed by atoms with Gasteiger partial charge in [0.1, 0.15) is 11.6 Å². The second-order valence-corrected chi connectivity index (χ2v) is 5.74. The van der Waals surface area contributed by atoms with Crippen LogP contribution >= 0.6 is 0 Å². The molecule has 0 atom stereocenters. The highest BCUT2D eigenvalue weighted by Gasteiger charge is 2.19. The van der Waals surface area contributed by atoms with Gasteiger partial charge in [0.05, 0.1) is 12.8 Å². The molecule has 0 N–H and O–H groups in total. The van der Waals surface area contributed by atoms with Crippen molar-refractivity contribution in [1.29, 1.82) is 0 Å². The summed E-state index contributed by atoms with van der Waals surface area (Å²) in [6, 6.07) is 16.9. The number of hydrogen-bond donors (Lipinski definition) is 0. The van der Waals surface area contributed by atoms with Crippen LogP contribution in [0.15, 0.2) is 65.3 Å². The van der Waals surface area contributed by atoms with Crippen LogP contribution in [-0.2, 0) is 13.1 Å². The van der Waals surface area contributed by atoms with Crippen LogP contribution in [0.3, 0.4) is 0 Å². The average molecular weight is 355 g/mol. The van der Waals surface area contributed by atoms with Gasteiger partial charge in [-0.05, 0) is 29.8 Å². The molecule has 0 aliphatic carbocycles. The SMILES string of the molecule is FC(F)c1nnc2ccc(N(Cc3ccccc3)Cc3ccco3)nn12. The van der Waals surface area contributed by atoms with Gasteiger partial charge in [-0.2, -0.15) is 4.52 Å². The fourth-order valence-corrected chi connectivity index (χ4v) is 2.71. The molecule has 0 unspecified atom stereocenters. The molecule has 0 saturated carbocycles. The summed E-state index contributed by atoms with van der Waals surface area (Å²) in [6.45, 7) is 0.999. The number of halogens is 2. The first-order valence-electron chi connectivity index (χ1n) is 8.02. The van der Waals surface area contributed by atoms with Crippen LogP contribution in [0, 0.1) is 0 Å². The van der Waals surface area contributed by atoms with Gasteiger partial charge >= 0.3 is 0 Å². The lowest BCUT2D eigenvalue weighted by Gasteiger charge is -2.22. The Hall–Kier alpha value is -3.29. The molecule has 3 heterocycles. The molecule has 0 saturated heterocycles. The number of anilines is 1. The Kier molecular flexibility index (Phi) is 4.30. The Morgan fingerprint density at radius 2 is 1.81 bits per heavy atom. The van der Waals surface area contributed by atoms with Gasteiger partial charge in [-0.1, -0.05) is 30.3 Å². The minimum absolute atomic E-state index is 0.279. The molecule has 3 aromatic heterocycles. The summed E-state index contributed by atoms with van der Waals surface area (Å²) in [7, 11) is 0. The normalized spacial score (nSPS) is 11.3. The van der Waals surface area contributed by atoms with Gasteiger partial charge in [-0.25, -0.2) is 8.78 Å². The zero-order valence-electron chi connectivity index (χ0n) is 13.7. The first-order valence-corrected chi connectivity index (χ1v) is 8.02. The van der Waals surface area contributed by atoms with Crippen LogP contribution in [0.4, 0.5) is 14.6 Å². The van der Waals surface area contributed by atoms with E-state index < -0.39 is 12.2 Å². The van der Waals surface area contributed by atoms with Crippen molar-refractivity contribution in [3.8, 4) is 0 Å². The number of hydrogen-bond acceptors (Lipinski definition) is 5. The fraction of sp³-hybridized carbons (Fsp3) is 0.167. The molecule has 4 rings (SSSR count). The summed E-state index contributed by atoms with van der Waals surface area (Å²) < 4.78 is 32.8. The number of nitrogens with zero attached hydrogens (tertiary/aromatic N) is 5. The highest BCUT2D eigenvalue weighted by molar-refractivity contribution is 5.46. The fourth-order valence-electron chi connectivity index (χ4n) is 2.71. The van der Waals surface area contributed by atoms with E-state index >= 15 is 0 Å². The first kappa shape index (κ1) is 16.2. The molecule has 132 valence electrons. The van der Waals surface area contributed by atoms with Gasteiger partial charge in [-0.15, -0.1) is 15.3 Å². The minimum Gasteiger partial charge on any atom is -0.467 e. The van der Waals surface area contributed by atoms with E-state index in [9.17, 15) is 8.78 Å². The van der Waals surface area contributed by atoms with E-state index in [0.717, 1.165) is 15.8 Å². The number of aromatic nitrogens is 4. The Morgan fingerprint density at radius 3 is 2.54 bits per heavy atom. The smallest absolute Gasteiger partial charge is 0.299 e. The van der Waals surface area contributed by atoms with E-state index in [4.69, 9.17) is 4.42 Å². The summed E-state index contributed by atoms with van der Waals surface area (Å²) in [5, 5.41) is 11.6. The third kappa shape index (κ3) is 3.26. The topological polar surface area (TPSA) is 59.5 Å². The summed E-state index contributed by atoms with van der Waals surface area (Å²) in [5.41, 5.74) is 1.35. The molecular formula is C18H15F2N5O. The van der Waals surface area contributed by atoms with Crippen molar-refractivity contribution in [2.75, 3.05) is 4.90 Å². The molecule has 26 heavy (non-hydrogen) atoms. The Morgan fingerprint density at radius 1 is 0.962 bits per heavy atom. The summed E-state index contributed by atoms with van der Waals surface area (Å²) in [4.78, 5) is 1.95. The van der Waals surface area contributed by atoms with Crippen LogP contribution < -0.4 is 4.90 Å². The number of furan rings is 1. The van der Waals surface area contributed by atoms with E-state index in [-0.39, 0.29) is 5.65 Å². The zero-order chi connectivity index (χ0) is 17.9. The second-order valence-electron chi connectivity index (χ2n) is 5.74. The molecule has 0 aliphatic heterocycles. The molecule has 1 aromatic carbocycles. The summed E-state index contributed by atoms with van der Waals surface area (Å²) >= 11 is 0. The maximum Gasteiger partial charge on any atom is 0.299 e. The van der Waals surface area contributed by atoms with E-state index in [2.05, 4.69) is 15.3 Å². The first-order chi connectivity index (χ1) is 12.7. The van der Waals surface area contributed by atoms with E-state index in [1.807, 2.05) is 41.3 Å². The van der Waals surface area contributed by atoms with Crippen molar-refractivity contribution in [3.63, 3.8) is 0 Å². The number of rotatable bonds is 6. The second kappa shape index (κ2) is 6.91. The maximum absolute atomic E-state index is 13.1. The van der Waals surface area contributed by atoms with Crippen molar-refractivity contribution in [3.05, 3.63) is 78.0 Å². The highest BCUT2D eigenvalue weighted by atomic mass is 19.3. The van der Waals surface area contributed by atoms with E-state index in [0.29, 0.717) is 18.9 Å². The monoisotopic (exact) mass is 355 g/mol. The molecule has 0 fully saturated rings. The molecule has 8 heteroatoms. The molecule has 0 spiro atoms. The van der Waals surface area contributed by atoms with Crippen molar-refractivity contribution in [2.24, 2.45) is 0 Å². The Labute approximate surface area is 147 Å². The van der Waals surface area contributed by atoms with Crippen molar-refractivity contribution in [1.82, 2.24) is 19.8 Å². The van der Waals surface area contributed by atoms with Gasteiger partial charge in [0, 0.05) is 6.54 Å². The van der Waals surface area contributed by atoms with Crippen LogP contribution in [0.25, 0.3) is 5.65 Å². The zero-order valence-corrected chi connectivity index (χ0v) is 13.7. The van der Waals surface area contributed by atoms with Crippen LogP contribution in [0.5, 0.6) is 0 Å². The Bertz CT molecular complexity index is 985. The molecular weight excluding hydrogens is 340 g/mol. The quantitative estimate of drug-likeness (QED) is 0.526. The van der Waals surface area contributed by atoms with Gasteiger partial charge in [0.2, 0.25) is 5.82 Å². The largest absolute Gasteiger partial charge is 0.467 e. The Balaban J connectivity index is 1.72. The summed E-state index contributed by atoms with van der Waals surface area (Å²) in [5.74, 6) is 0.805. The highest BCUT2D eigenvalue weighted by Crippen LogP contribution is 2.21. The predicted molar refractivity (Wildman–Crippen MR) is 90.8 cm³/mol. The molecule has 0 amide bonds. The van der Waals surface area contributed by atoms with E-state index in [1.165, 1.54) is 0 Å².